The lowest BCUT2D eigenvalue weighted by Crippen LogP contribution is -2.32. The van der Waals surface area contributed by atoms with Crippen LogP contribution in [-0.2, 0) is 22.7 Å². The van der Waals surface area contributed by atoms with Crippen molar-refractivity contribution in [1.29, 1.82) is 0 Å². The first-order valence-electron chi connectivity index (χ1n) is 7.35. The van der Waals surface area contributed by atoms with E-state index in [9.17, 15) is 5.11 Å². The molecule has 0 aromatic heterocycles. The van der Waals surface area contributed by atoms with Crippen molar-refractivity contribution in [2.75, 3.05) is 7.11 Å². The Hall–Kier alpha value is -2.34. The molecule has 2 aromatic rings. The van der Waals surface area contributed by atoms with Gasteiger partial charge in [0.25, 0.3) is 0 Å². The maximum Gasteiger partial charge on any atom is 0.325 e. The normalized spacial score (nSPS) is 20.0. The molecule has 0 amide bonds. The van der Waals surface area contributed by atoms with Crippen LogP contribution in [0.1, 0.15) is 11.1 Å². The molecule has 3 rings (SSSR count). The van der Waals surface area contributed by atoms with E-state index in [1.165, 1.54) is 18.2 Å². The minimum absolute atomic E-state index is 0.501. The van der Waals surface area contributed by atoms with Gasteiger partial charge in [0.15, 0.2) is 0 Å². The van der Waals surface area contributed by atoms with Crippen molar-refractivity contribution in [3.63, 3.8) is 0 Å². The van der Waals surface area contributed by atoms with E-state index < -0.39 is 5.97 Å². The molecule has 0 bridgehead atoms. The number of hydroxylamine groups is 2. The van der Waals surface area contributed by atoms with Crippen LogP contribution in [0.2, 0.25) is 0 Å². The fourth-order valence-corrected chi connectivity index (χ4v) is 2.21. The number of rotatable bonds is 6. The van der Waals surface area contributed by atoms with Gasteiger partial charge < -0.3 is 14.6 Å². The molecule has 0 spiro atoms. The van der Waals surface area contributed by atoms with E-state index >= 15 is 0 Å². The molecule has 2 aromatic carbocycles. The summed E-state index contributed by atoms with van der Waals surface area (Å²) in [5, 5.41) is 11.3. The topological polar surface area (TPSA) is 51.2 Å². The van der Waals surface area contributed by atoms with Crippen LogP contribution in [-0.4, -0.2) is 23.3 Å². The van der Waals surface area contributed by atoms with Crippen LogP contribution in [0, 0.1) is 0 Å². The maximum atomic E-state index is 9.78. The lowest BCUT2D eigenvalue weighted by atomic mass is 10.2. The highest BCUT2D eigenvalue weighted by Crippen LogP contribution is 2.23. The number of benzene rings is 2. The second-order valence-electron chi connectivity index (χ2n) is 5.24. The van der Waals surface area contributed by atoms with Crippen LogP contribution in [0.3, 0.4) is 0 Å². The van der Waals surface area contributed by atoms with Crippen molar-refractivity contribution >= 4 is 0 Å². The van der Waals surface area contributed by atoms with Gasteiger partial charge in [-0.15, -0.1) is 0 Å². The highest BCUT2D eigenvalue weighted by molar-refractivity contribution is 5.28. The molecule has 23 heavy (non-hydrogen) atoms. The van der Waals surface area contributed by atoms with Gasteiger partial charge in [0, 0.05) is 19.4 Å². The van der Waals surface area contributed by atoms with Gasteiger partial charge in [-0.05, 0) is 23.3 Å². The summed E-state index contributed by atoms with van der Waals surface area (Å²) in [4.78, 5) is 5.26. The van der Waals surface area contributed by atoms with Crippen LogP contribution < -0.4 is 4.74 Å². The smallest absolute Gasteiger partial charge is 0.325 e. The van der Waals surface area contributed by atoms with Gasteiger partial charge in [0.2, 0.25) is 0 Å². The second kappa shape index (κ2) is 6.83. The minimum atomic E-state index is -1.67. The van der Waals surface area contributed by atoms with E-state index in [2.05, 4.69) is 0 Å². The van der Waals surface area contributed by atoms with Gasteiger partial charge in [-0.3, -0.25) is 5.06 Å². The van der Waals surface area contributed by atoms with Crippen molar-refractivity contribution in [3.05, 3.63) is 78.0 Å². The van der Waals surface area contributed by atoms with Crippen molar-refractivity contribution in [2.45, 2.75) is 19.1 Å². The number of hydrogen-bond acceptors (Lipinski definition) is 5. The van der Waals surface area contributed by atoms with Crippen molar-refractivity contribution in [1.82, 2.24) is 5.06 Å². The monoisotopic (exact) mass is 313 g/mol. The molecule has 5 heteroatoms. The zero-order valence-corrected chi connectivity index (χ0v) is 12.9. The lowest BCUT2D eigenvalue weighted by Gasteiger charge is -2.22. The van der Waals surface area contributed by atoms with Crippen LogP contribution in [0.25, 0.3) is 0 Å². The maximum absolute atomic E-state index is 9.78. The second-order valence-corrected chi connectivity index (χ2v) is 5.24. The number of methoxy groups -OCH3 is 1. The fraction of sp³-hybridized carbons (Fsp3) is 0.222. The number of hydrogen-bond donors (Lipinski definition) is 1. The van der Waals surface area contributed by atoms with E-state index in [-0.39, 0.29) is 0 Å². The fourth-order valence-electron chi connectivity index (χ4n) is 2.21. The third-order valence-corrected chi connectivity index (χ3v) is 3.50. The van der Waals surface area contributed by atoms with E-state index in [1.807, 2.05) is 54.6 Å². The van der Waals surface area contributed by atoms with Crippen LogP contribution in [0.4, 0.5) is 0 Å². The molecular formula is C18H19NO4. The Balaban J connectivity index is 1.53. The third-order valence-electron chi connectivity index (χ3n) is 3.50. The summed E-state index contributed by atoms with van der Waals surface area (Å²) in [6.07, 6.45) is 3.09. The highest BCUT2D eigenvalue weighted by Gasteiger charge is 2.32. The van der Waals surface area contributed by atoms with E-state index in [1.54, 1.807) is 6.20 Å². The molecule has 1 N–H and O–H groups in total. The van der Waals surface area contributed by atoms with Crippen molar-refractivity contribution in [2.24, 2.45) is 0 Å². The third kappa shape index (κ3) is 4.10. The average molecular weight is 313 g/mol. The summed E-state index contributed by atoms with van der Waals surface area (Å²) in [6, 6.07) is 17.8. The zero-order chi connectivity index (χ0) is 16.1. The van der Waals surface area contributed by atoms with E-state index in [0.717, 1.165) is 16.9 Å². The van der Waals surface area contributed by atoms with Crippen molar-refractivity contribution in [3.8, 4) is 5.75 Å². The molecule has 0 radical (unpaired) electrons. The number of ether oxygens (including phenoxy) is 2. The van der Waals surface area contributed by atoms with Crippen LogP contribution in [0.15, 0.2) is 66.9 Å². The first kappa shape index (κ1) is 15.6. The van der Waals surface area contributed by atoms with E-state index in [4.69, 9.17) is 14.3 Å². The molecule has 0 aliphatic carbocycles. The van der Waals surface area contributed by atoms with Gasteiger partial charge >= 0.3 is 5.97 Å². The largest absolute Gasteiger partial charge is 0.489 e. The summed E-state index contributed by atoms with van der Waals surface area (Å²) in [5.41, 5.74) is 2.16. The number of nitrogens with zero attached hydrogens (tertiary/aromatic N) is 1. The summed E-state index contributed by atoms with van der Waals surface area (Å²) < 4.78 is 10.6. The molecule has 0 saturated heterocycles. The summed E-state index contributed by atoms with van der Waals surface area (Å²) in [5.74, 6) is -0.859. The Morgan fingerprint density at radius 3 is 2.43 bits per heavy atom. The minimum Gasteiger partial charge on any atom is -0.489 e. The molecule has 1 atom stereocenters. The predicted molar refractivity (Wildman–Crippen MR) is 84.9 cm³/mol. The van der Waals surface area contributed by atoms with Crippen LogP contribution in [0.5, 0.6) is 5.75 Å². The SMILES string of the molecule is COC1(O)C=CN(Cc2ccc(OCc3ccccc3)cc2)O1. The Morgan fingerprint density at radius 1 is 1.04 bits per heavy atom. The standard InChI is InChI=1S/C18H19NO4/c1-21-18(20)11-12-19(23-18)13-15-7-9-17(10-8-15)22-14-16-5-3-2-4-6-16/h2-12,20H,13-14H2,1H3. The number of aliphatic hydroxyl groups is 1. The summed E-state index contributed by atoms with van der Waals surface area (Å²) in [7, 11) is 1.38. The average Bonchev–Trinajstić information content (AvgIpc) is 2.97. The van der Waals surface area contributed by atoms with Gasteiger partial charge in [0.1, 0.15) is 12.4 Å². The Kier molecular flexibility index (Phi) is 4.62. The van der Waals surface area contributed by atoms with Crippen LogP contribution >= 0.6 is 0 Å². The van der Waals surface area contributed by atoms with Gasteiger partial charge in [-0.1, -0.05) is 42.5 Å². The summed E-state index contributed by atoms with van der Waals surface area (Å²) in [6.45, 7) is 1.04. The molecule has 0 saturated carbocycles. The Bertz CT molecular complexity index is 656. The molecule has 120 valence electrons. The van der Waals surface area contributed by atoms with Crippen molar-refractivity contribution < 1.29 is 19.4 Å². The molecule has 1 unspecified atom stereocenters. The molecule has 1 aliphatic rings. The molecule has 1 heterocycles. The summed E-state index contributed by atoms with van der Waals surface area (Å²) >= 11 is 0. The molecule has 1 aliphatic heterocycles. The lowest BCUT2D eigenvalue weighted by molar-refractivity contribution is -0.378. The van der Waals surface area contributed by atoms with Gasteiger partial charge in [0.05, 0.1) is 6.54 Å². The quantitative estimate of drug-likeness (QED) is 0.831. The zero-order valence-electron chi connectivity index (χ0n) is 12.9. The Morgan fingerprint density at radius 2 is 1.78 bits per heavy atom. The predicted octanol–water partition coefficient (Wildman–Crippen LogP) is 2.82. The Labute approximate surface area is 135 Å². The van der Waals surface area contributed by atoms with Gasteiger partial charge in [-0.2, -0.15) is 0 Å². The molecule has 5 nitrogen and oxygen atoms in total. The first-order chi connectivity index (χ1) is 11.2. The van der Waals surface area contributed by atoms with Gasteiger partial charge in [-0.25, -0.2) is 4.84 Å². The molecular weight excluding hydrogens is 294 g/mol. The first-order valence-corrected chi connectivity index (χ1v) is 7.35. The molecule has 0 fully saturated rings. The van der Waals surface area contributed by atoms with E-state index in [0.29, 0.717) is 13.2 Å². The highest BCUT2D eigenvalue weighted by atomic mass is 16.9.